The van der Waals surface area contributed by atoms with Crippen LogP contribution in [0.25, 0.3) is 0 Å². The van der Waals surface area contributed by atoms with Crippen LogP contribution in [0.1, 0.15) is 13.3 Å². The van der Waals surface area contributed by atoms with Crippen LogP contribution in [0.15, 0.2) is 36.5 Å². The van der Waals surface area contributed by atoms with E-state index in [9.17, 15) is 10.1 Å². The van der Waals surface area contributed by atoms with Crippen LogP contribution in [-0.4, -0.2) is 21.4 Å². The highest BCUT2D eigenvalue weighted by molar-refractivity contribution is 5.47. The van der Waals surface area contributed by atoms with Gasteiger partial charge in [0.2, 0.25) is 17.6 Å². The zero-order chi connectivity index (χ0) is 14.4. The third kappa shape index (κ3) is 3.41. The predicted octanol–water partition coefficient (Wildman–Crippen LogP) is 3.00. The number of aromatic nitrogens is 2. The quantitative estimate of drug-likeness (QED) is 0.643. The molecule has 1 aromatic heterocycles. The Balaban J connectivity index is 2.20. The van der Waals surface area contributed by atoms with E-state index in [-0.39, 0.29) is 17.3 Å². The van der Waals surface area contributed by atoms with Crippen molar-refractivity contribution in [3.8, 4) is 11.6 Å². The molecule has 7 nitrogen and oxygen atoms in total. The van der Waals surface area contributed by atoms with Crippen LogP contribution >= 0.6 is 0 Å². The van der Waals surface area contributed by atoms with Gasteiger partial charge in [-0.2, -0.15) is 4.98 Å². The topological polar surface area (TPSA) is 90.2 Å². The van der Waals surface area contributed by atoms with Gasteiger partial charge in [-0.05, 0) is 12.5 Å². The molecule has 0 saturated heterocycles. The van der Waals surface area contributed by atoms with Crippen molar-refractivity contribution in [3.05, 3.63) is 46.6 Å². The molecule has 0 atom stereocenters. The first-order chi connectivity index (χ1) is 9.70. The number of nitro groups is 1. The number of ether oxygens (including phenoxy) is 1. The molecule has 20 heavy (non-hydrogen) atoms. The summed E-state index contributed by atoms with van der Waals surface area (Å²) in [6.45, 7) is 2.77. The normalized spacial score (nSPS) is 10.1. The van der Waals surface area contributed by atoms with E-state index in [1.165, 1.54) is 18.3 Å². The molecule has 1 N–H and O–H groups in total. The van der Waals surface area contributed by atoms with E-state index in [2.05, 4.69) is 15.3 Å². The van der Waals surface area contributed by atoms with Gasteiger partial charge in [0, 0.05) is 24.9 Å². The maximum Gasteiger partial charge on any atom is 0.311 e. The van der Waals surface area contributed by atoms with Crippen molar-refractivity contribution in [1.82, 2.24) is 9.97 Å². The van der Waals surface area contributed by atoms with E-state index >= 15 is 0 Å². The Morgan fingerprint density at radius 1 is 1.35 bits per heavy atom. The van der Waals surface area contributed by atoms with Crippen molar-refractivity contribution in [2.24, 2.45) is 0 Å². The Morgan fingerprint density at radius 2 is 2.15 bits per heavy atom. The molecular weight excluding hydrogens is 260 g/mol. The Bertz CT molecular complexity index is 604. The van der Waals surface area contributed by atoms with Gasteiger partial charge in [-0.15, -0.1) is 0 Å². The molecule has 0 aliphatic carbocycles. The van der Waals surface area contributed by atoms with E-state index in [1.807, 2.05) is 6.92 Å². The van der Waals surface area contributed by atoms with Crippen LogP contribution in [0.3, 0.4) is 0 Å². The first-order valence-electron chi connectivity index (χ1n) is 6.19. The number of nitro benzene ring substituents is 1. The molecule has 1 heterocycles. The Kier molecular flexibility index (Phi) is 4.43. The lowest BCUT2D eigenvalue weighted by Crippen LogP contribution is -2.04. The lowest BCUT2D eigenvalue weighted by molar-refractivity contribution is -0.385. The number of hydrogen-bond acceptors (Lipinski definition) is 6. The summed E-state index contributed by atoms with van der Waals surface area (Å²) in [5.41, 5.74) is -0.103. The van der Waals surface area contributed by atoms with E-state index < -0.39 is 4.92 Å². The van der Waals surface area contributed by atoms with Crippen molar-refractivity contribution in [2.75, 3.05) is 11.9 Å². The van der Waals surface area contributed by atoms with Gasteiger partial charge in [-0.3, -0.25) is 10.1 Å². The zero-order valence-corrected chi connectivity index (χ0v) is 10.9. The zero-order valence-electron chi connectivity index (χ0n) is 10.9. The van der Waals surface area contributed by atoms with E-state index in [1.54, 1.807) is 18.2 Å². The summed E-state index contributed by atoms with van der Waals surface area (Å²) >= 11 is 0. The summed E-state index contributed by atoms with van der Waals surface area (Å²) in [6, 6.07) is 7.71. The number of para-hydroxylation sites is 2. The first-order valence-corrected chi connectivity index (χ1v) is 6.19. The maximum atomic E-state index is 10.9. The second-order valence-electron chi connectivity index (χ2n) is 3.97. The minimum absolute atomic E-state index is 0.103. The molecule has 2 aromatic rings. The molecule has 0 amide bonds. The molecule has 0 saturated carbocycles. The molecule has 0 spiro atoms. The standard InChI is InChI=1S/C13H14N4O3/c1-2-8-14-13-15-9-7-12(16-13)20-11-6-4-3-5-10(11)17(18)19/h3-7,9H,2,8H2,1H3,(H,14,15,16). The molecule has 104 valence electrons. The van der Waals surface area contributed by atoms with Crippen LogP contribution in [0.2, 0.25) is 0 Å². The Morgan fingerprint density at radius 3 is 2.90 bits per heavy atom. The van der Waals surface area contributed by atoms with Gasteiger partial charge in [-0.1, -0.05) is 19.1 Å². The number of rotatable bonds is 6. The number of anilines is 1. The van der Waals surface area contributed by atoms with E-state index in [0.717, 1.165) is 13.0 Å². The predicted molar refractivity (Wildman–Crippen MR) is 74.0 cm³/mol. The molecule has 2 rings (SSSR count). The SMILES string of the molecule is CCCNc1nccc(Oc2ccccc2[N+](=O)[O-])n1. The highest BCUT2D eigenvalue weighted by atomic mass is 16.6. The van der Waals surface area contributed by atoms with Gasteiger partial charge in [0.05, 0.1) is 4.92 Å². The lowest BCUT2D eigenvalue weighted by atomic mass is 10.3. The van der Waals surface area contributed by atoms with Crippen LogP contribution in [-0.2, 0) is 0 Å². The van der Waals surface area contributed by atoms with Crippen LogP contribution < -0.4 is 10.1 Å². The summed E-state index contributed by atoms with van der Waals surface area (Å²) in [5.74, 6) is 0.841. The van der Waals surface area contributed by atoms with Crippen LogP contribution in [0.5, 0.6) is 11.6 Å². The number of hydrogen-bond donors (Lipinski definition) is 1. The van der Waals surface area contributed by atoms with Crippen molar-refractivity contribution in [3.63, 3.8) is 0 Å². The lowest BCUT2D eigenvalue weighted by Gasteiger charge is -2.07. The van der Waals surface area contributed by atoms with Gasteiger partial charge in [0.15, 0.2) is 0 Å². The van der Waals surface area contributed by atoms with Gasteiger partial charge in [-0.25, -0.2) is 4.98 Å². The molecule has 0 aliphatic heterocycles. The fraction of sp³-hybridized carbons (Fsp3) is 0.231. The average molecular weight is 274 g/mol. The van der Waals surface area contributed by atoms with Gasteiger partial charge < -0.3 is 10.1 Å². The van der Waals surface area contributed by atoms with Crippen molar-refractivity contribution in [2.45, 2.75) is 13.3 Å². The monoisotopic (exact) mass is 274 g/mol. The average Bonchev–Trinajstić information content (AvgIpc) is 2.46. The highest BCUT2D eigenvalue weighted by Gasteiger charge is 2.15. The van der Waals surface area contributed by atoms with Crippen LogP contribution in [0, 0.1) is 10.1 Å². The summed E-state index contributed by atoms with van der Waals surface area (Å²) in [5, 5.41) is 13.9. The Labute approximate surface area is 115 Å². The third-order valence-corrected chi connectivity index (χ3v) is 2.44. The fourth-order valence-corrected chi connectivity index (χ4v) is 1.53. The molecule has 0 radical (unpaired) electrons. The van der Waals surface area contributed by atoms with Crippen molar-refractivity contribution in [1.29, 1.82) is 0 Å². The van der Waals surface area contributed by atoms with Crippen molar-refractivity contribution < 1.29 is 9.66 Å². The summed E-state index contributed by atoms with van der Waals surface area (Å²) in [7, 11) is 0. The molecule has 0 bridgehead atoms. The van der Waals surface area contributed by atoms with E-state index in [0.29, 0.717) is 5.95 Å². The number of nitrogens with one attached hydrogen (secondary N) is 1. The molecule has 0 unspecified atom stereocenters. The number of benzene rings is 1. The van der Waals surface area contributed by atoms with Gasteiger partial charge in [0.25, 0.3) is 0 Å². The Hall–Kier alpha value is -2.70. The fourth-order valence-electron chi connectivity index (χ4n) is 1.53. The van der Waals surface area contributed by atoms with Gasteiger partial charge >= 0.3 is 5.69 Å². The summed E-state index contributed by atoms with van der Waals surface area (Å²) in [4.78, 5) is 18.6. The molecule has 1 aromatic carbocycles. The minimum Gasteiger partial charge on any atom is -0.432 e. The first kappa shape index (κ1) is 13.7. The molecule has 0 fully saturated rings. The smallest absolute Gasteiger partial charge is 0.311 e. The van der Waals surface area contributed by atoms with Gasteiger partial charge in [0.1, 0.15) is 0 Å². The second-order valence-corrected chi connectivity index (χ2v) is 3.97. The van der Waals surface area contributed by atoms with Crippen molar-refractivity contribution >= 4 is 11.6 Å². The van der Waals surface area contributed by atoms with E-state index in [4.69, 9.17) is 4.74 Å². The highest BCUT2D eigenvalue weighted by Crippen LogP contribution is 2.29. The van der Waals surface area contributed by atoms with Crippen LogP contribution in [0.4, 0.5) is 11.6 Å². The molecular formula is C13H14N4O3. The molecule has 7 heteroatoms. The number of nitrogens with zero attached hydrogens (tertiary/aromatic N) is 3. The molecule has 0 aliphatic rings. The second kappa shape index (κ2) is 6.46. The third-order valence-electron chi connectivity index (χ3n) is 2.44. The summed E-state index contributed by atoms with van der Waals surface area (Å²) < 4.78 is 5.46. The maximum absolute atomic E-state index is 10.9. The largest absolute Gasteiger partial charge is 0.432 e. The minimum atomic E-state index is -0.493. The summed E-state index contributed by atoms with van der Waals surface area (Å²) in [6.07, 6.45) is 2.48.